The summed E-state index contributed by atoms with van der Waals surface area (Å²) in [6.07, 6.45) is 1.43. The van der Waals surface area contributed by atoms with E-state index in [0.29, 0.717) is 6.42 Å². The largest absolute Gasteiger partial charge is 0.343 e. The molecule has 7 nitrogen and oxygen atoms in total. The summed E-state index contributed by atoms with van der Waals surface area (Å²) in [6, 6.07) is -0.302. The van der Waals surface area contributed by atoms with Gasteiger partial charge >= 0.3 is 11.8 Å². The maximum Gasteiger partial charge on any atom is 0.323 e. The van der Waals surface area contributed by atoms with Crippen molar-refractivity contribution in [2.24, 2.45) is 5.84 Å². The number of hydrogen-bond donors (Lipinski definition) is 3. The van der Waals surface area contributed by atoms with Crippen LogP contribution in [-0.2, 0) is 14.4 Å². The van der Waals surface area contributed by atoms with Gasteiger partial charge in [-0.05, 0) is 40.5 Å². The maximum absolute atomic E-state index is 12.0. The van der Waals surface area contributed by atoms with Gasteiger partial charge in [0, 0.05) is 12.5 Å². The van der Waals surface area contributed by atoms with Crippen molar-refractivity contribution in [1.29, 1.82) is 0 Å². The minimum atomic E-state index is -0.889. The van der Waals surface area contributed by atoms with Gasteiger partial charge in [0.25, 0.3) is 0 Å². The molecule has 114 valence electrons. The van der Waals surface area contributed by atoms with Crippen LogP contribution < -0.4 is 16.6 Å². The monoisotopic (exact) mass is 284 g/mol. The van der Waals surface area contributed by atoms with E-state index < -0.39 is 17.4 Å². The van der Waals surface area contributed by atoms with E-state index >= 15 is 0 Å². The highest BCUT2D eigenvalue weighted by Crippen LogP contribution is 2.38. The smallest absolute Gasteiger partial charge is 0.323 e. The fraction of sp³-hybridized carbons (Fsp3) is 0.769. The number of likely N-dealkylation sites (tertiary alicyclic amines) is 1. The Morgan fingerprint density at radius 3 is 2.15 bits per heavy atom. The number of nitrogens with zero attached hydrogens (tertiary/aromatic N) is 1. The molecule has 0 saturated carbocycles. The normalized spacial score (nSPS) is 23.9. The molecular formula is C13H24N4O3. The van der Waals surface area contributed by atoms with Crippen molar-refractivity contribution in [3.63, 3.8) is 0 Å². The molecule has 1 fully saturated rings. The summed E-state index contributed by atoms with van der Waals surface area (Å²) >= 11 is 0. The Morgan fingerprint density at radius 1 is 1.15 bits per heavy atom. The van der Waals surface area contributed by atoms with E-state index in [-0.39, 0.29) is 17.5 Å². The molecule has 0 radical (unpaired) electrons. The summed E-state index contributed by atoms with van der Waals surface area (Å²) in [5.41, 5.74) is 0.930. The van der Waals surface area contributed by atoms with Crippen LogP contribution in [0.5, 0.6) is 0 Å². The predicted molar refractivity (Wildman–Crippen MR) is 74.2 cm³/mol. The molecule has 1 atom stereocenters. The lowest BCUT2D eigenvalue weighted by Gasteiger charge is -2.56. The van der Waals surface area contributed by atoms with Crippen LogP contribution in [0.1, 0.15) is 47.5 Å². The lowest BCUT2D eigenvalue weighted by molar-refractivity contribution is -0.151. The number of carbonyl (C=O) groups is 3. The van der Waals surface area contributed by atoms with Crippen molar-refractivity contribution < 1.29 is 14.4 Å². The molecule has 4 N–H and O–H groups in total. The zero-order valence-corrected chi connectivity index (χ0v) is 12.7. The third-order valence-electron chi connectivity index (χ3n) is 4.04. The van der Waals surface area contributed by atoms with Gasteiger partial charge in [0.2, 0.25) is 5.91 Å². The second-order valence-corrected chi connectivity index (χ2v) is 6.36. The van der Waals surface area contributed by atoms with E-state index in [1.165, 1.54) is 6.92 Å². The molecular weight excluding hydrogens is 260 g/mol. The molecule has 1 rings (SSSR count). The minimum absolute atomic E-state index is 0.0535. The number of hydrazine groups is 1. The Balaban J connectivity index is 2.99. The third kappa shape index (κ3) is 2.92. The molecule has 0 spiro atoms. The Hall–Kier alpha value is -1.63. The van der Waals surface area contributed by atoms with Crippen LogP contribution >= 0.6 is 0 Å². The first-order valence-corrected chi connectivity index (χ1v) is 6.66. The second-order valence-electron chi connectivity index (χ2n) is 6.36. The lowest BCUT2D eigenvalue weighted by atomic mass is 9.76. The average molecular weight is 284 g/mol. The molecule has 7 heteroatoms. The minimum Gasteiger partial charge on any atom is -0.343 e. The molecule has 20 heavy (non-hydrogen) atoms. The van der Waals surface area contributed by atoms with Crippen molar-refractivity contribution in [2.45, 2.75) is 64.6 Å². The topological polar surface area (TPSA) is 105 Å². The van der Waals surface area contributed by atoms with Gasteiger partial charge in [-0.3, -0.25) is 19.8 Å². The van der Waals surface area contributed by atoms with E-state index in [1.54, 1.807) is 10.3 Å². The van der Waals surface area contributed by atoms with E-state index in [2.05, 4.69) is 5.32 Å². The van der Waals surface area contributed by atoms with Gasteiger partial charge in [-0.15, -0.1) is 0 Å². The van der Waals surface area contributed by atoms with Crippen LogP contribution in [0, 0.1) is 0 Å². The molecule has 3 amide bonds. The number of rotatable bonds is 1. The van der Waals surface area contributed by atoms with E-state index in [4.69, 9.17) is 5.84 Å². The zero-order chi connectivity index (χ0) is 15.7. The van der Waals surface area contributed by atoms with Gasteiger partial charge in [-0.25, -0.2) is 5.84 Å². The summed E-state index contributed by atoms with van der Waals surface area (Å²) in [4.78, 5) is 36.6. The highest BCUT2D eigenvalue weighted by Gasteiger charge is 2.49. The zero-order valence-electron chi connectivity index (χ0n) is 12.7. The van der Waals surface area contributed by atoms with Crippen LogP contribution in [0.2, 0.25) is 0 Å². The number of nitrogens with two attached hydrogens (primary N) is 1. The molecule has 0 aliphatic carbocycles. The van der Waals surface area contributed by atoms with E-state index in [1.807, 2.05) is 27.7 Å². The molecule has 1 saturated heterocycles. The van der Waals surface area contributed by atoms with Crippen LogP contribution in [0.25, 0.3) is 0 Å². The lowest BCUT2D eigenvalue weighted by Crippen LogP contribution is -2.70. The van der Waals surface area contributed by atoms with Crippen molar-refractivity contribution >= 4 is 17.7 Å². The Kier molecular flexibility index (Phi) is 4.43. The number of carbonyl (C=O) groups excluding carboxylic acids is 3. The van der Waals surface area contributed by atoms with Crippen molar-refractivity contribution in [2.75, 3.05) is 0 Å². The summed E-state index contributed by atoms with van der Waals surface area (Å²) in [6.45, 7) is 9.29. The first-order chi connectivity index (χ1) is 9.04. The van der Waals surface area contributed by atoms with E-state index in [9.17, 15) is 14.4 Å². The molecule has 0 aromatic carbocycles. The van der Waals surface area contributed by atoms with Gasteiger partial charge in [0.1, 0.15) is 0 Å². The van der Waals surface area contributed by atoms with Gasteiger partial charge in [-0.1, -0.05) is 0 Å². The molecule has 0 aromatic heterocycles. The number of amides is 3. The number of hydrogen-bond acceptors (Lipinski definition) is 4. The number of nitrogens with one attached hydrogen (secondary N) is 2. The van der Waals surface area contributed by atoms with E-state index in [0.717, 1.165) is 6.42 Å². The molecule has 1 aliphatic heterocycles. The Bertz CT molecular complexity index is 431. The summed E-state index contributed by atoms with van der Waals surface area (Å²) < 4.78 is 0. The SMILES string of the molecule is CC(=O)N1C(C)(C)CCC(NC(=O)C(=O)NN)C1(C)C. The van der Waals surface area contributed by atoms with Crippen LogP contribution in [0.15, 0.2) is 0 Å². The summed E-state index contributed by atoms with van der Waals surface area (Å²) in [5, 5.41) is 2.66. The Labute approximate surface area is 119 Å². The van der Waals surface area contributed by atoms with Crippen LogP contribution in [0.4, 0.5) is 0 Å². The van der Waals surface area contributed by atoms with Gasteiger partial charge < -0.3 is 10.2 Å². The molecule has 0 aromatic rings. The average Bonchev–Trinajstić information content (AvgIpc) is 2.29. The van der Waals surface area contributed by atoms with Crippen LogP contribution in [0.3, 0.4) is 0 Å². The fourth-order valence-corrected chi connectivity index (χ4v) is 3.27. The first-order valence-electron chi connectivity index (χ1n) is 6.66. The van der Waals surface area contributed by atoms with Crippen molar-refractivity contribution in [3.8, 4) is 0 Å². The summed E-state index contributed by atoms with van der Waals surface area (Å²) in [5.74, 6) is 3.21. The van der Waals surface area contributed by atoms with Crippen LogP contribution in [-0.4, -0.2) is 39.7 Å². The molecule has 1 unspecified atom stereocenters. The molecule has 1 aliphatic rings. The highest BCUT2D eigenvalue weighted by molar-refractivity contribution is 6.35. The van der Waals surface area contributed by atoms with Crippen molar-refractivity contribution in [1.82, 2.24) is 15.6 Å². The second kappa shape index (κ2) is 5.40. The molecule has 1 heterocycles. The van der Waals surface area contributed by atoms with Gasteiger partial charge in [0.05, 0.1) is 11.6 Å². The van der Waals surface area contributed by atoms with Crippen molar-refractivity contribution in [3.05, 3.63) is 0 Å². The standard InChI is InChI=1S/C13H24N4O3/c1-8(18)17-12(2,3)7-6-9(13(17,4)5)15-10(19)11(20)16-14/h9H,6-7,14H2,1-5H3,(H,15,19)(H,16,20). The van der Waals surface area contributed by atoms with Gasteiger partial charge in [-0.2, -0.15) is 0 Å². The fourth-order valence-electron chi connectivity index (χ4n) is 3.27. The van der Waals surface area contributed by atoms with Gasteiger partial charge in [0.15, 0.2) is 0 Å². The quantitative estimate of drug-likeness (QED) is 0.265. The third-order valence-corrected chi connectivity index (χ3v) is 4.04. The summed E-state index contributed by atoms with van der Waals surface area (Å²) in [7, 11) is 0. The Morgan fingerprint density at radius 2 is 1.70 bits per heavy atom. The highest BCUT2D eigenvalue weighted by atomic mass is 16.2. The maximum atomic E-state index is 12.0. The molecule has 0 bridgehead atoms. The predicted octanol–water partition coefficient (Wildman–Crippen LogP) is -0.339. The first kappa shape index (κ1) is 16.4. The number of piperidine rings is 1.